The zero-order chi connectivity index (χ0) is 18.8. The number of amides is 1. The van der Waals surface area contributed by atoms with Crippen LogP contribution >= 0.6 is 11.6 Å². The Kier molecular flexibility index (Phi) is 4.73. The van der Waals surface area contributed by atoms with Crippen molar-refractivity contribution in [3.8, 4) is 17.1 Å². The number of phenolic OH excluding ortho intramolecular Hbond substituents is 1. The fourth-order valence-corrected chi connectivity index (χ4v) is 3.49. The van der Waals surface area contributed by atoms with Crippen LogP contribution in [0.1, 0.15) is 10.5 Å². The Hall–Kier alpha value is -2.99. The lowest BCUT2D eigenvalue weighted by Crippen LogP contribution is -2.49. The van der Waals surface area contributed by atoms with E-state index in [1.54, 1.807) is 29.2 Å². The maximum Gasteiger partial charge on any atom is 0.276 e. The van der Waals surface area contributed by atoms with Gasteiger partial charge >= 0.3 is 0 Å². The van der Waals surface area contributed by atoms with Crippen LogP contribution in [-0.2, 0) is 0 Å². The molecule has 1 amide bonds. The van der Waals surface area contributed by atoms with Crippen molar-refractivity contribution >= 4 is 23.2 Å². The molecule has 27 heavy (non-hydrogen) atoms. The molecule has 1 aliphatic rings. The van der Waals surface area contributed by atoms with Gasteiger partial charge in [-0.25, -0.2) is 4.98 Å². The Labute approximate surface area is 161 Å². The van der Waals surface area contributed by atoms with Crippen molar-refractivity contribution in [3.63, 3.8) is 0 Å². The Morgan fingerprint density at radius 2 is 1.74 bits per heavy atom. The van der Waals surface area contributed by atoms with E-state index in [2.05, 4.69) is 9.88 Å². The van der Waals surface area contributed by atoms with Crippen LogP contribution in [0.3, 0.4) is 0 Å². The summed E-state index contributed by atoms with van der Waals surface area (Å²) in [6.45, 7) is 2.31. The van der Waals surface area contributed by atoms with Gasteiger partial charge in [0, 0.05) is 31.7 Å². The number of halogens is 1. The fraction of sp³-hybridized carbons (Fsp3) is 0.200. The molecule has 2 aromatic carbocycles. The highest BCUT2D eigenvalue weighted by Gasteiger charge is 2.28. The number of piperazine rings is 1. The van der Waals surface area contributed by atoms with Crippen LogP contribution in [0.25, 0.3) is 11.3 Å². The minimum absolute atomic E-state index is 0.185. The molecule has 1 aliphatic heterocycles. The molecule has 1 aromatic heterocycles. The quantitative estimate of drug-likeness (QED) is 0.747. The molecule has 7 heteroatoms. The number of carbonyl (C=O) groups excluding carboxylic acids is 1. The Morgan fingerprint density at radius 1 is 1.04 bits per heavy atom. The minimum atomic E-state index is -0.185. The zero-order valence-corrected chi connectivity index (χ0v) is 15.3. The number of carbonyl (C=O) groups is 1. The molecule has 0 saturated carbocycles. The summed E-state index contributed by atoms with van der Waals surface area (Å²) in [5, 5.41) is 10.5. The summed E-state index contributed by atoms with van der Waals surface area (Å²) >= 11 is 6.24. The van der Waals surface area contributed by atoms with Gasteiger partial charge in [-0.1, -0.05) is 35.9 Å². The van der Waals surface area contributed by atoms with Gasteiger partial charge in [-0.05, 0) is 24.3 Å². The van der Waals surface area contributed by atoms with Crippen molar-refractivity contribution in [2.75, 3.05) is 31.1 Å². The third-order valence-corrected chi connectivity index (χ3v) is 5.01. The van der Waals surface area contributed by atoms with Crippen molar-refractivity contribution in [1.82, 2.24) is 9.88 Å². The minimum Gasteiger partial charge on any atom is -0.506 e. The molecule has 0 radical (unpaired) electrons. The molecule has 0 atom stereocenters. The second kappa shape index (κ2) is 7.32. The lowest BCUT2D eigenvalue weighted by Gasteiger charge is -2.36. The van der Waals surface area contributed by atoms with Crippen molar-refractivity contribution in [2.24, 2.45) is 0 Å². The average molecular weight is 384 g/mol. The van der Waals surface area contributed by atoms with E-state index in [0.717, 1.165) is 5.69 Å². The summed E-state index contributed by atoms with van der Waals surface area (Å²) in [5.41, 5.74) is 1.69. The average Bonchev–Trinajstić information content (AvgIpc) is 3.18. The number of anilines is 1. The van der Waals surface area contributed by atoms with Crippen molar-refractivity contribution in [2.45, 2.75) is 0 Å². The number of benzene rings is 2. The van der Waals surface area contributed by atoms with E-state index < -0.39 is 0 Å². The number of hydrogen-bond donors (Lipinski definition) is 1. The van der Waals surface area contributed by atoms with Gasteiger partial charge in [0.15, 0.2) is 17.8 Å². The molecular formula is C20H18ClN3O3. The molecule has 0 aliphatic carbocycles. The molecule has 4 rings (SSSR count). The number of phenols is 1. The second-order valence-electron chi connectivity index (χ2n) is 6.28. The molecule has 1 fully saturated rings. The predicted molar refractivity (Wildman–Crippen MR) is 103 cm³/mol. The standard InChI is InChI=1S/C20H18ClN3O3/c21-15-6-2-1-5-14(15)19-18(22-13-27-19)20(26)24-11-9-23(10-12-24)16-7-3-4-8-17(16)25/h1-8,13,25H,9-12H2. The highest BCUT2D eigenvalue weighted by molar-refractivity contribution is 6.33. The topological polar surface area (TPSA) is 69.8 Å². The van der Waals surface area contributed by atoms with Gasteiger partial charge in [0.1, 0.15) is 5.75 Å². The van der Waals surface area contributed by atoms with Crippen LogP contribution in [0, 0.1) is 0 Å². The largest absolute Gasteiger partial charge is 0.506 e. The van der Waals surface area contributed by atoms with Crippen molar-refractivity contribution in [3.05, 3.63) is 65.6 Å². The van der Waals surface area contributed by atoms with E-state index in [1.807, 2.05) is 24.3 Å². The third-order valence-electron chi connectivity index (χ3n) is 4.68. The van der Waals surface area contributed by atoms with Gasteiger partial charge in [-0.2, -0.15) is 0 Å². The fourth-order valence-electron chi connectivity index (χ4n) is 3.27. The highest BCUT2D eigenvalue weighted by atomic mass is 35.5. The third kappa shape index (κ3) is 3.36. The summed E-state index contributed by atoms with van der Waals surface area (Å²) in [5.74, 6) is 0.444. The van der Waals surface area contributed by atoms with Crippen LogP contribution in [-0.4, -0.2) is 47.1 Å². The predicted octanol–water partition coefficient (Wildman–Crippen LogP) is 3.66. The van der Waals surface area contributed by atoms with Crippen LogP contribution < -0.4 is 4.90 Å². The summed E-state index contributed by atoms with van der Waals surface area (Å²) in [7, 11) is 0. The molecule has 1 saturated heterocycles. The van der Waals surface area contributed by atoms with Gasteiger partial charge in [-0.3, -0.25) is 4.79 Å². The van der Waals surface area contributed by atoms with Crippen LogP contribution in [0.5, 0.6) is 5.75 Å². The van der Waals surface area contributed by atoms with Gasteiger partial charge < -0.3 is 19.3 Å². The SMILES string of the molecule is O=C(c1ncoc1-c1ccccc1Cl)N1CCN(c2ccccc2O)CC1. The molecular weight excluding hydrogens is 366 g/mol. The lowest BCUT2D eigenvalue weighted by atomic mass is 10.1. The normalized spacial score (nSPS) is 14.4. The van der Waals surface area contributed by atoms with Crippen LogP contribution in [0.15, 0.2) is 59.3 Å². The van der Waals surface area contributed by atoms with E-state index >= 15 is 0 Å². The van der Waals surface area contributed by atoms with E-state index in [9.17, 15) is 9.90 Å². The number of oxazole rings is 1. The van der Waals surface area contributed by atoms with E-state index in [4.69, 9.17) is 16.0 Å². The lowest BCUT2D eigenvalue weighted by molar-refractivity contribution is 0.0742. The van der Waals surface area contributed by atoms with E-state index in [1.165, 1.54) is 6.39 Å². The van der Waals surface area contributed by atoms with Gasteiger partial charge in [-0.15, -0.1) is 0 Å². The molecule has 0 spiro atoms. The molecule has 138 valence electrons. The second-order valence-corrected chi connectivity index (χ2v) is 6.69. The number of nitrogens with zero attached hydrogens (tertiary/aromatic N) is 3. The summed E-state index contributed by atoms with van der Waals surface area (Å²) < 4.78 is 5.46. The Bertz CT molecular complexity index is 964. The number of hydrogen-bond acceptors (Lipinski definition) is 5. The number of para-hydroxylation sites is 2. The first-order valence-corrected chi connectivity index (χ1v) is 9.03. The first-order chi connectivity index (χ1) is 13.1. The molecule has 0 unspecified atom stereocenters. The maximum absolute atomic E-state index is 13.0. The summed E-state index contributed by atoms with van der Waals surface area (Å²) in [4.78, 5) is 20.9. The van der Waals surface area contributed by atoms with E-state index in [0.29, 0.717) is 42.5 Å². The molecule has 3 aromatic rings. The number of aromatic nitrogens is 1. The van der Waals surface area contributed by atoms with E-state index in [-0.39, 0.29) is 17.4 Å². The molecule has 2 heterocycles. The van der Waals surface area contributed by atoms with Crippen molar-refractivity contribution < 1.29 is 14.3 Å². The highest BCUT2D eigenvalue weighted by Crippen LogP contribution is 2.31. The van der Waals surface area contributed by atoms with Gasteiger partial charge in [0.25, 0.3) is 5.91 Å². The van der Waals surface area contributed by atoms with Gasteiger partial charge in [0.2, 0.25) is 0 Å². The smallest absolute Gasteiger partial charge is 0.276 e. The Balaban J connectivity index is 1.51. The zero-order valence-electron chi connectivity index (χ0n) is 14.5. The van der Waals surface area contributed by atoms with Crippen molar-refractivity contribution in [1.29, 1.82) is 0 Å². The first kappa shape index (κ1) is 17.4. The first-order valence-electron chi connectivity index (χ1n) is 8.66. The van der Waals surface area contributed by atoms with Crippen LogP contribution in [0.2, 0.25) is 5.02 Å². The van der Waals surface area contributed by atoms with Gasteiger partial charge in [0.05, 0.1) is 10.7 Å². The monoisotopic (exact) mass is 383 g/mol. The Morgan fingerprint density at radius 3 is 2.48 bits per heavy atom. The molecule has 6 nitrogen and oxygen atoms in total. The maximum atomic E-state index is 13.0. The number of aromatic hydroxyl groups is 1. The molecule has 0 bridgehead atoms. The molecule has 1 N–H and O–H groups in total. The van der Waals surface area contributed by atoms with Crippen LogP contribution in [0.4, 0.5) is 5.69 Å². The summed E-state index contributed by atoms with van der Waals surface area (Å²) in [6, 6.07) is 14.4. The number of rotatable bonds is 3. The summed E-state index contributed by atoms with van der Waals surface area (Å²) in [6.07, 6.45) is 1.27.